The van der Waals surface area contributed by atoms with Gasteiger partial charge in [0.15, 0.2) is 6.61 Å². The molecule has 0 radical (unpaired) electrons. The summed E-state index contributed by atoms with van der Waals surface area (Å²) in [6.45, 7) is 1.76. The highest BCUT2D eigenvalue weighted by atomic mass is 16.5. The van der Waals surface area contributed by atoms with E-state index in [1.54, 1.807) is 49.6 Å². The molecule has 0 aliphatic heterocycles. The lowest BCUT2D eigenvalue weighted by Gasteiger charge is -2.11. The molecule has 0 saturated heterocycles. The summed E-state index contributed by atoms with van der Waals surface area (Å²) in [6.07, 6.45) is 0. The third-order valence-corrected chi connectivity index (χ3v) is 4.87. The van der Waals surface area contributed by atoms with Crippen LogP contribution in [0.15, 0.2) is 82.0 Å². The zero-order chi connectivity index (χ0) is 21.8. The van der Waals surface area contributed by atoms with Crippen molar-refractivity contribution >= 4 is 22.6 Å². The Labute approximate surface area is 179 Å². The molecule has 31 heavy (non-hydrogen) atoms. The van der Waals surface area contributed by atoms with Crippen molar-refractivity contribution in [3.05, 3.63) is 88.8 Å². The monoisotopic (exact) mass is 415 g/mol. The van der Waals surface area contributed by atoms with Gasteiger partial charge in [0.1, 0.15) is 17.1 Å². The van der Waals surface area contributed by atoms with Crippen LogP contribution in [0, 0.1) is 6.92 Å². The van der Waals surface area contributed by atoms with E-state index in [1.807, 2.05) is 37.3 Å². The van der Waals surface area contributed by atoms with Crippen LogP contribution in [-0.4, -0.2) is 19.6 Å². The van der Waals surface area contributed by atoms with Crippen LogP contribution in [0.5, 0.6) is 11.5 Å². The highest BCUT2D eigenvalue weighted by Crippen LogP contribution is 2.26. The van der Waals surface area contributed by atoms with Crippen molar-refractivity contribution < 1.29 is 18.7 Å². The lowest BCUT2D eigenvalue weighted by molar-refractivity contribution is -0.118. The Morgan fingerprint density at radius 1 is 0.935 bits per heavy atom. The summed E-state index contributed by atoms with van der Waals surface area (Å²) in [5.41, 5.74) is 2.86. The van der Waals surface area contributed by atoms with Crippen molar-refractivity contribution in [3.8, 4) is 22.6 Å². The van der Waals surface area contributed by atoms with Crippen molar-refractivity contribution in [3.63, 3.8) is 0 Å². The second-order valence-electron chi connectivity index (χ2n) is 7.03. The minimum absolute atomic E-state index is 0.124. The molecular weight excluding hydrogens is 394 g/mol. The molecule has 0 spiro atoms. The lowest BCUT2D eigenvalue weighted by atomic mass is 10.0. The van der Waals surface area contributed by atoms with Gasteiger partial charge < -0.3 is 19.2 Å². The number of methoxy groups -OCH3 is 1. The van der Waals surface area contributed by atoms with E-state index in [9.17, 15) is 9.59 Å². The van der Waals surface area contributed by atoms with E-state index in [0.29, 0.717) is 28.3 Å². The fraction of sp³-hybridized carbons (Fsp3) is 0.120. The minimum atomic E-state index is -0.397. The minimum Gasteiger partial charge on any atom is -0.497 e. The smallest absolute Gasteiger partial charge is 0.344 e. The molecule has 1 amide bonds. The molecule has 4 aromatic rings. The third kappa shape index (κ3) is 4.59. The number of nitrogens with one attached hydrogen (secondary N) is 1. The Balaban J connectivity index is 1.46. The van der Waals surface area contributed by atoms with Gasteiger partial charge in [-0.25, -0.2) is 4.79 Å². The average Bonchev–Trinajstić information content (AvgIpc) is 2.78. The summed E-state index contributed by atoms with van der Waals surface area (Å²) >= 11 is 0. The molecule has 3 aromatic carbocycles. The number of para-hydroxylation sites is 1. The highest BCUT2D eigenvalue weighted by Gasteiger charge is 2.12. The number of aryl methyl sites for hydroxylation is 1. The van der Waals surface area contributed by atoms with Crippen LogP contribution < -0.4 is 20.4 Å². The van der Waals surface area contributed by atoms with Gasteiger partial charge in [0.25, 0.3) is 5.91 Å². The van der Waals surface area contributed by atoms with Crippen molar-refractivity contribution in [1.82, 2.24) is 0 Å². The standard InChI is InChI=1S/C25H21NO5/c1-16-13-18(26-24(27)15-30-20-10-8-19(29-2)9-11-20)7-12-21(16)22-14-17-5-3-4-6-23(17)31-25(22)28/h3-14H,15H2,1-2H3,(H,26,27). The predicted molar refractivity (Wildman–Crippen MR) is 120 cm³/mol. The first-order valence-electron chi connectivity index (χ1n) is 9.74. The normalized spacial score (nSPS) is 10.6. The van der Waals surface area contributed by atoms with Crippen LogP contribution >= 0.6 is 0 Å². The molecule has 4 rings (SSSR count). The fourth-order valence-corrected chi connectivity index (χ4v) is 3.31. The van der Waals surface area contributed by atoms with Gasteiger partial charge in [-0.2, -0.15) is 0 Å². The van der Waals surface area contributed by atoms with Gasteiger partial charge in [-0.3, -0.25) is 4.79 Å². The maximum absolute atomic E-state index is 12.4. The Morgan fingerprint density at radius 3 is 2.42 bits per heavy atom. The van der Waals surface area contributed by atoms with E-state index in [4.69, 9.17) is 13.9 Å². The van der Waals surface area contributed by atoms with Crippen LogP contribution in [0.4, 0.5) is 5.69 Å². The van der Waals surface area contributed by atoms with E-state index in [1.165, 1.54) is 0 Å². The van der Waals surface area contributed by atoms with Gasteiger partial charge >= 0.3 is 5.63 Å². The molecule has 156 valence electrons. The van der Waals surface area contributed by atoms with Crippen molar-refractivity contribution in [2.24, 2.45) is 0 Å². The number of ether oxygens (including phenoxy) is 2. The molecule has 0 unspecified atom stereocenters. The number of fused-ring (bicyclic) bond motifs is 1. The van der Waals surface area contributed by atoms with E-state index in [0.717, 1.165) is 16.5 Å². The first-order valence-corrected chi connectivity index (χ1v) is 9.74. The van der Waals surface area contributed by atoms with Crippen LogP contribution in [0.25, 0.3) is 22.1 Å². The number of rotatable bonds is 6. The summed E-state index contributed by atoms with van der Waals surface area (Å²) in [6, 6.07) is 21.6. The van der Waals surface area contributed by atoms with Crippen LogP contribution in [0.3, 0.4) is 0 Å². The summed E-state index contributed by atoms with van der Waals surface area (Å²) < 4.78 is 16.0. The van der Waals surface area contributed by atoms with E-state index in [2.05, 4.69) is 5.32 Å². The molecule has 1 heterocycles. The lowest BCUT2D eigenvalue weighted by Crippen LogP contribution is -2.20. The van der Waals surface area contributed by atoms with E-state index >= 15 is 0 Å². The van der Waals surface area contributed by atoms with Gasteiger partial charge in [-0.05, 0) is 66.6 Å². The van der Waals surface area contributed by atoms with Crippen LogP contribution in [0.1, 0.15) is 5.56 Å². The summed E-state index contributed by atoms with van der Waals surface area (Å²) in [4.78, 5) is 24.7. The van der Waals surface area contributed by atoms with Crippen molar-refractivity contribution in [2.45, 2.75) is 6.92 Å². The Kier molecular flexibility index (Phi) is 5.71. The van der Waals surface area contributed by atoms with E-state index in [-0.39, 0.29) is 12.5 Å². The van der Waals surface area contributed by atoms with Gasteiger partial charge in [0.2, 0.25) is 0 Å². The molecule has 1 aromatic heterocycles. The van der Waals surface area contributed by atoms with Crippen LogP contribution in [-0.2, 0) is 4.79 Å². The van der Waals surface area contributed by atoms with Crippen LogP contribution in [0.2, 0.25) is 0 Å². The van der Waals surface area contributed by atoms with Gasteiger partial charge in [0.05, 0.1) is 12.7 Å². The van der Waals surface area contributed by atoms with Gasteiger partial charge in [-0.1, -0.05) is 24.3 Å². The molecule has 6 nitrogen and oxygen atoms in total. The van der Waals surface area contributed by atoms with Crippen molar-refractivity contribution in [1.29, 1.82) is 0 Å². The average molecular weight is 415 g/mol. The number of amides is 1. The molecule has 0 saturated carbocycles. The maximum Gasteiger partial charge on any atom is 0.344 e. The molecule has 0 bridgehead atoms. The quantitative estimate of drug-likeness (QED) is 0.458. The molecule has 0 aliphatic carbocycles. The Hall–Kier alpha value is -4.06. The molecule has 0 atom stereocenters. The number of carbonyl (C=O) groups is 1. The molecule has 6 heteroatoms. The molecular formula is C25H21NO5. The number of anilines is 1. The first kappa shape index (κ1) is 20.2. The number of hydrogen-bond donors (Lipinski definition) is 1. The zero-order valence-corrected chi connectivity index (χ0v) is 17.2. The van der Waals surface area contributed by atoms with Gasteiger partial charge in [-0.15, -0.1) is 0 Å². The number of benzene rings is 3. The fourth-order valence-electron chi connectivity index (χ4n) is 3.31. The first-order chi connectivity index (χ1) is 15.0. The molecule has 1 N–H and O–H groups in total. The predicted octanol–water partition coefficient (Wildman–Crippen LogP) is 4.79. The SMILES string of the molecule is COc1ccc(OCC(=O)Nc2ccc(-c3cc4ccccc4oc3=O)c(C)c2)cc1. The maximum atomic E-state index is 12.4. The Bertz CT molecular complexity index is 1290. The number of carbonyl (C=O) groups excluding carboxylic acids is 1. The number of hydrogen-bond acceptors (Lipinski definition) is 5. The summed E-state index contributed by atoms with van der Waals surface area (Å²) in [5.74, 6) is 1.01. The second-order valence-corrected chi connectivity index (χ2v) is 7.03. The highest BCUT2D eigenvalue weighted by molar-refractivity contribution is 5.92. The van der Waals surface area contributed by atoms with Gasteiger partial charge in [0, 0.05) is 11.1 Å². The second kappa shape index (κ2) is 8.75. The van der Waals surface area contributed by atoms with E-state index < -0.39 is 5.63 Å². The zero-order valence-electron chi connectivity index (χ0n) is 17.2. The van der Waals surface area contributed by atoms with Crippen molar-refractivity contribution in [2.75, 3.05) is 19.0 Å². The summed E-state index contributed by atoms with van der Waals surface area (Å²) in [7, 11) is 1.59. The third-order valence-electron chi connectivity index (χ3n) is 4.87. The molecule has 0 aliphatic rings. The summed E-state index contributed by atoms with van der Waals surface area (Å²) in [5, 5.41) is 3.66. The molecule has 0 fully saturated rings. The topological polar surface area (TPSA) is 77.8 Å². The largest absolute Gasteiger partial charge is 0.497 e. The Morgan fingerprint density at radius 2 is 1.68 bits per heavy atom.